The fourth-order valence-electron chi connectivity index (χ4n) is 10.3. The Morgan fingerprint density at radius 1 is 0.868 bits per heavy atom. The lowest BCUT2D eigenvalue weighted by molar-refractivity contribution is -0.126. The molecule has 0 aromatic heterocycles. The summed E-state index contributed by atoms with van der Waals surface area (Å²) in [4.78, 5) is 0.293. The summed E-state index contributed by atoms with van der Waals surface area (Å²) in [5, 5.41) is 0. The summed E-state index contributed by atoms with van der Waals surface area (Å²) in [6, 6.07) is 7.07. The van der Waals surface area contributed by atoms with E-state index in [4.69, 9.17) is 4.18 Å². The molecule has 4 saturated carbocycles. The largest absolute Gasteiger partial charge is 0.297 e. The average Bonchev–Trinajstić information content (AvgIpc) is 3.21. The van der Waals surface area contributed by atoms with Crippen LogP contribution in [0.25, 0.3) is 0 Å². The van der Waals surface area contributed by atoms with Gasteiger partial charge in [-0.3, -0.25) is 4.18 Å². The van der Waals surface area contributed by atoms with Crippen LogP contribution in [-0.4, -0.2) is 14.5 Å². The summed E-state index contributed by atoms with van der Waals surface area (Å²) < 4.78 is 31.9. The monoisotopic (exact) mass is 542 g/mol. The molecule has 4 heteroatoms. The maximum Gasteiger partial charge on any atom is 0.297 e. The van der Waals surface area contributed by atoms with Gasteiger partial charge in [-0.15, -0.1) is 0 Å². The molecule has 4 aliphatic carbocycles. The molecule has 4 fully saturated rings. The molecule has 0 amide bonds. The molecule has 9 atom stereocenters. The topological polar surface area (TPSA) is 43.4 Å². The number of rotatable bonds is 8. The molecule has 1 aromatic carbocycles. The Morgan fingerprint density at radius 3 is 2.26 bits per heavy atom. The molecule has 4 aliphatic rings. The van der Waals surface area contributed by atoms with Crippen molar-refractivity contribution in [2.45, 2.75) is 130 Å². The first-order chi connectivity index (χ1) is 17.9. The van der Waals surface area contributed by atoms with Crippen LogP contribution in [0.15, 0.2) is 29.2 Å². The third kappa shape index (κ3) is 5.27. The second-order valence-corrected chi connectivity index (χ2v) is 16.5. The average molecular weight is 543 g/mol. The molecule has 0 saturated heterocycles. The van der Waals surface area contributed by atoms with Crippen molar-refractivity contribution in [3.8, 4) is 0 Å². The maximum atomic E-state index is 13.0. The first-order valence-electron chi connectivity index (χ1n) is 15.9. The summed E-state index contributed by atoms with van der Waals surface area (Å²) in [5.41, 5.74) is 1.94. The van der Waals surface area contributed by atoms with Crippen molar-refractivity contribution in [3.05, 3.63) is 29.8 Å². The molecule has 214 valence electrons. The second kappa shape index (κ2) is 10.8. The Morgan fingerprint density at radius 2 is 1.55 bits per heavy atom. The first-order valence-corrected chi connectivity index (χ1v) is 17.3. The van der Waals surface area contributed by atoms with Gasteiger partial charge in [0.1, 0.15) is 0 Å². The lowest BCUT2D eigenvalue weighted by Crippen LogP contribution is -2.54. The maximum absolute atomic E-state index is 13.0. The molecular weight excluding hydrogens is 488 g/mol. The molecule has 0 aliphatic heterocycles. The van der Waals surface area contributed by atoms with Gasteiger partial charge in [-0.05, 0) is 129 Å². The van der Waals surface area contributed by atoms with Crippen molar-refractivity contribution in [3.63, 3.8) is 0 Å². The van der Waals surface area contributed by atoms with E-state index in [0.29, 0.717) is 21.6 Å². The van der Waals surface area contributed by atoms with Gasteiger partial charge in [-0.2, -0.15) is 8.42 Å². The summed E-state index contributed by atoms with van der Waals surface area (Å²) in [6.45, 7) is 14.5. The molecule has 0 unspecified atom stereocenters. The highest BCUT2D eigenvalue weighted by molar-refractivity contribution is 7.86. The first kappa shape index (κ1) is 28.7. The lowest BCUT2D eigenvalue weighted by atomic mass is 9.44. The zero-order chi connectivity index (χ0) is 27.3. The number of benzene rings is 1. The van der Waals surface area contributed by atoms with E-state index >= 15 is 0 Å². The van der Waals surface area contributed by atoms with E-state index in [1.165, 1.54) is 57.8 Å². The van der Waals surface area contributed by atoms with E-state index in [1.807, 2.05) is 19.1 Å². The van der Waals surface area contributed by atoms with Crippen molar-refractivity contribution in [2.75, 3.05) is 0 Å². The van der Waals surface area contributed by atoms with Gasteiger partial charge in [0.2, 0.25) is 0 Å². The Kier molecular flexibility index (Phi) is 8.17. The smallest absolute Gasteiger partial charge is 0.263 e. The van der Waals surface area contributed by atoms with Crippen molar-refractivity contribution < 1.29 is 12.6 Å². The number of fused-ring (bicyclic) bond motifs is 5. The van der Waals surface area contributed by atoms with Gasteiger partial charge in [0.05, 0.1) is 11.0 Å². The quantitative estimate of drug-likeness (QED) is 0.308. The molecule has 3 nitrogen and oxygen atoms in total. The minimum atomic E-state index is -3.70. The highest BCUT2D eigenvalue weighted by atomic mass is 32.2. The third-order valence-electron chi connectivity index (χ3n) is 12.4. The standard InChI is InChI=1S/C34H54O3S/c1-23(2)8-7-9-25(4)30-16-17-31-29-15-12-26-22-27(37-38(35,36)28-13-10-24(3)11-14-28)18-20-33(26,5)32(29)19-21-34(30,31)6/h10-11,13-14,23,25-27,29-32H,7-9,12,15-22H2,1-6H3/t25-,26-,27+,29-,30+,31-,32-,33-,34+/m0/s1. The molecule has 5 rings (SSSR count). The molecule has 0 bridgehead atoms. The number of hydrogen-bond acceptors (Lipinski definition) is 3. The van der Waals surface area contributed by atoms with Crippen LogP contribution >= 0.6 is 0 Å². The minimum absolute atomic E-state index is 0.174. The van der Waals surface area contributed by atoms with Crippen LogP contribution in [0.3, 0.4) is 0 Å². The highest BCUT2D eigenvalue weighted by Gasteiger charge is 2.60. The SMILES string of the molecule is Cc1ccc(S(=O)(=O)O[C@@H]2CC[C@@]3(C)[C@@H](CC[C@@H]4[C@@H]3CC[C@]3(C)[C@@H]([C@@H](C)CCCC(C)C)CC[C@@H]43)C2)cc1. The second-order valence-electron chi connectivity index (χ2n) is 14.9. The molecule has 0 N–H and O–H groups in total. The normalized spacial score (nSPS) is 39.9. The summed E-state index contributed by atoms with van der Waals surface area (Å²) in [6.07, 6.45) is 15.2. The lowest BCUT2D eigenvalue weighted by Gasteiger charge is -2.61. The van der Waals surface area contributed by atoms with E-state index in [0.717, 1.165) is 60.3 Å². The Hall–Kier alpha value is -0.870. The van der Waals surface area contributed by atoms with Crippen molar-refractivity contribution >= 4 is 10.1 Å². The van der Waals surface area contributed by atoms with Crippen LogP contribution in [0.4, 0.5) is 0 Å². The van der Waals surface area contributed by atoms with E-state index in [9.17, 15) is 8.42 Å². The fraction of sp³-hybridized carbons (Fsp3) is 0.824. The van der Waals surface area contributed by atoms with E-state index in [-0.39, 0.29) is 6.10 Å². The fourth-order valence-corrected chi connectivity index (χ4v) is 11.4. The van der Waals surface area contributed by atoms with Gasteiger partial charge in [-0.1, -0.05) is 71.6 Å². The molecule has 38 heavy (non-hydrogen) atoms. The number of aryl methyl sites for hydroxylation is 1. The van der Waals surface area contributed by atoms with Crippen LogP contribution in [0.2, 0.25) is 0 Å². The number of hydrogen-bond donors (Lipinski definition) is 0. The van der Waals surface area contributed by atoms with E-state index < -0.39 is 10.1 Å². The Labute approximate surface area is 234 Å². The van der Waals surface area contributed by atoms with Gasteiger partial charge in [0.15, 0.2) is 0 Å². The van der Waals surface area contributed by atoms with Crippen molar-refractivity contribution in [2.24, 2.45) is 52.3 Å². The van der Waals surface area contributed by atoms with Gasteiger partial charge >= 0.3 is 0 Å². The van der Waals surface area contributed by atoms with Gasteiger partial charge in [0.25, 0.3) is 10.1 Å². The van der Waals surface area contributed by atoms with Crippen molar-refractivity contribution in [1.82, 2.24) is 0 Å². The van der Waals surface area contributed by atoms with Crippen LogP contribution < -0.4 is 0 Å². The molecular formula is C34H54O3S. The van der Waals surface area contributed by atoms with Crippen LogP contribution in [-0.2, 0) is 14.3 Å². The van der Waals surface area contributed by atoms with Gasteiger partial charge < -0.3 is 0 Å². The van der Waals surface area contributed by atoms with Gasteiger partial charge in [-0.25, -0.2) is 0 Å². The molecule has 0 spiro atoms. The summed E-state index contributed by atoms with van der Waals surface area (Å²) >= 11 is 0. The zero-order valence-corrected chi connectivity index (χ0v) is 25.9. The minimum Gasteiger partial charge on any atom is -0.263 e. The predicted molar refractivity (Wildman–Crippen MR) is 156 cm³/mol. The third-order valence-corrected chi connectivity index (χ3v) is 13.8. The molecule has 0 radical (unpaired) electrons. The van der Waals surface area contributed by atoms with Crippen LogP contribution in [0.5, 0.6) is 0 Å². The summed E-state index contributed by atoms with van der Waals surface area (Å²) in [7, 11) is -3.70. The highest BCUT2D eigenvalue weighted by Crippen LogP contribution is 2.68. The summed E-state index contributed by atoms with van der Waals surface area (Å²) in [5.74, 6) is 5.75. The van der Waals surface area contributed by atoms with Gasteiger partial charge in [0, 0.05) is 0 Å². The van der Waals surface area contributed by atoms with Crippen LogP contribution in [0, 0.1) is 59.2 Å². The Bertz CT molecular complexity index is 1060. The Balaban J connectivity index is 1.24. The van der Waals surface area contributed by atoms with E-state index in [2.05, 4.69) is 34.6 Å². The van der Waals surface area contributed by atoms with Crippen LogP contribution in [0.1, 0.15) is 117 Å². The zero-order valence-electron chi connectivity index (χ0n) is 25.0. The van der Waals surface area contributed by atoms with Crippen molar-refractivity contribution in [1.29, 1.82) is 0 Å². The molecule has 1 aromatic rings. The van der Waals surface area contributed by atoms with E-state index in [1.54, 1.807) is 12.1 Å². The predicted octanol–water partition coefficient (Wildman–Crippen LogP) is 9.19. The molecule has 0 heterocycles.